The standard InChI is InChI=1S/C27H24N6O4S/c1-19-9-13-22(14-10-19)32-26(21-11-15-23(37-2)16-12-21)30-31-27(32)38-18-25(34)29-28-17-5-7-20-6-3-4-8-24(20)33(35)36/h3-17H,18H2,1-2H3,(H,29,34)/b7-5+,28-17-. The Hall–Kier alpha value is -4.77. The van der Waals surface area contributed by atoms with E-state index in [4.69, 9.17) is 4.74 Å². The molecule has 4 aromatic rings. The molecular weight excluding hydrogens is 504 g/mol. The zero-order chi connectivity index (χ0) is 26.9. The molecule has 0 spiro atoms. The molecule has 0 aliphatic rings. The molecule has 11 heteroatoms. The number of benzene rings is 3. The number of hydrogen-bond donors (Lipinski definition) is 1. The van der Waals surface area contributed by atoms with Gasteiger partial charge in [-0.3, -0.25) is 19.5 Å². The smallest absolute Gasteiger partial charge is 0.276 e. The summed E-state index contributed by atoms with van der Waals surface area (Å²) < 4.78 is 7.15. The summed E-state index contributed by atoms with van der Waals surface area (Å²) >= 11 is 1.23. The molecular formula is C27H24N6O4S. The molecule has 38 heavy (non-hydrogen) atoms. The van der Waals surface area contributed by atoms with E-state index in [1.54, 1.807) is 31.4 Å². The van der Waals surface area contributed by atoms with Crippen LogP contribution in [0.5, 0.6) is 5.75 Å². The number of hydrazone groups is 1. The Morgan fingerprint density at radius 2 is 1.84 bits per heavy atom. The van der Waals surface area contributed by atoms with Gasteiger partial charge in [0.25, 0.3) is 11.6 Å². The van der Waals surface area contributed by atoms with E-state index in [9.17, 15) is 14.9 Å². The van der Waals surface area contributed by atoms with E-state index in [0.717, 1.165) is 22.6 Å². The third-order valence-corrected chi connectivity index (χ3v) is 6.29. The van der Waals surface area contributed by atoms with Crippen LogP contribution in [0.1, 0.15) is 11.1 Å². The lowest BCUT2D eigenvalue weighted by Gasteiger charge is -2.11. The topological polar surface area (TPSA) is 125 Å². The Labute approximate surface area is 223 Å². The molecule has 0 unspecified atom stereocenters. The molecule has 0 radical (unpaired) electrons. The summed E-state index contributed by atoms with van der Waals surface area (Å²) in [6, 6.07) is 21.8. The van der Waals surface area contributed by atoms with E-state index < -0.39 is 4.92 Å². The van der Waals surface area contributed by atoms with Gasteiger partial charge in [0.2, 0.25) is 0 Å². The van der Waals surface area contributed by atoms with Gasteiger partial charge in [-0.25, -0.2) is 5.43 Å². The van der Waals surface area contributed by atoms with Crippen LogP contribution in [0.15, 0.2) is 89.1 Å². The first-order valence-electron chi connectivity index (χ1n) is 11.5. The first kappa shape index (κ1) is 26.3. The van der Waals surface area contributed by atoms with Crippen LogP contribution in [-0.4, -0.2) is 44.7 Å². The summed E-state index contributed by atoms with van der Waals surface area (Å²) in [6.45, 7) is 2.01. The van der Waals surface area contributed by atoms with Crippen molar-refractivity contribution in [2.24, 2.45) is 5.10 Å². The molecule has 0 saturated carbocycles. The van der Waals surface area contributed by atoms with Crippen molar-refractivity contribution in [3.05, 3.63) is 100 Å². The lowest BCUT2D eigenvalue weighted by atomic mass is 10.2. The molecule has 0 aliphatic carbocycles. The highest BCUT2D eigenvalue weighted by Gasteiger charge is 2.17. The fourth-order valence-corrected chi connectivity index (χ4v) is 4.22. The summed E-state index contributed by atoms with van der Waals surface area (Å²) in [4.78, 5) is 23.0. The number of rotatable bonds is 10. The number of para-hydroxylation sites is 1. The van der Waals surface area contributed by atoms with Gasteiger partial charge in [0, 0.05) is 23.5 Å². The van der Waals surface area contributed by atoms with Gasteiger partial charge in [-0.2, -0.15) is 5.10 Å². The summed E-state index contributed by atoms with van der Waals surface area (Å²) in [6.07, 6.45) is 4.42. The number of nitro benzene ring substituents is 1. The molecule has 0 fully saturated rings. The van der Waals surface area contributed by atoms with Crippen molar-refractivity contribution >= 4 is 35.6 Å². The zero-order valence-electron chi connectivity index (χ0n) is 20.6. The van der Waals surface area contributed by atoms with E-state index in [1.165, 1.54) is 30.1 Å². The lowest BCUT2D eigenvalue weighted by molar-refractivity contribution is -0.385. The summed E-state index contributed by atoms with van der Waals surface area (Å²) in [5, 5.41) is 24.2. The Morgan fingerprint density at radius 1 is 1.11 bits per heavy atom. The van der Waals surface area contributed by atoms with Crippen LogP contribution in [0, 0.1) is 17.0 Å². The molecule has 1 heterocycles. The first-order chi connectivity index (χ1) is 18.5. The largest absolute Gasteiger partial charge is 0.497 e. The quantitative estimate of drug-likeness (QED) is 0.132. The molecule has 0 bridgehead atoms. The van der Waals surface area contributed by atoms with Gasteiger partial charge in [-0.05, 0) is 61.5 Å². The molecule has 192 valence electrons. The van der Waals surface area contributed by atoms with Crippen molar-refractivity contribution < 1.29 is 14.5 Å². The second-order valence-corrected chi connectivity index (χ2v) is 8.93. The number of thioether (sulfide) groups is 1. The predicted molar refractivity (Wildman–Crippen MR) is 148 cm³/mol. The molecule has 0 aliphatic heterocycles. The van der Waals surface area contributed by atoms with Crippen molar-refractivity contribution in [3.63, 3.8) is 0 Å². The van der Waals surface area contributed by atoms with E-state index in [1.807, 2.05) is 60.0 Å². The molecule has 1 N–H and O–H groups in total. The van der Waals surface area contributed by atoms with Crippen LogP contribution in [0.4, 0.5) is 5.69 Å². The number of aromatic nitrogens is 3. The molecule has 3 aromatic carbocycles. The van der Waals surface area contributed by atoms with Crippen LogP contribution >= 0.6 is 11.8 Å². The second kappa shape index (κ2) is 12.5. The first-order valence-corrected chi connectivity index (χ1v) is 12.5. The lowest BCUT2D eigenvalue weighted by Crippen LogP contribution is -2.19. The number of allylic oxidation sites excluding steroid dienone is 1. The molecule has 10 nitrogen and oxygen atoms in total. The van der Waals surface area contributed by atoms with Gasteiger partial charge in [0.15, 0.2) is 11.0 Å². The summed E-state index contributed by atoms with van der Waals surface area (Å²) in [7, 11) is 1.61. The number of nitrogens with one attached hydrogen (secondary N) is 1. The maximum absolute atomic E-state index is 12.4. The Bertz CT molecular complexity index is 1480. The fraction of sp³-hybridized carbons (Fsp3) is 0.111. The minimum absolute atomic E-state index is 0.00992. The highest BCUT2D eigenvalue weighted by atomic mass is 32.2. The predicted octanol–water partition coefficient (Wildman–Crippen LogP) is 5.07. The average molecular weight is 529 g/mol. The third kappa shape index (κ3) is 6.51. The van der Waals surface area contributed by atoms with Gasteiger partial charge in [-0.1, -0.05) is 41.6 Å². The van der Waals surface area contributed by atoms with Crippen LogP contribution in [0.2, 0.25) is 0 Å². The number of carbonyl (C=O) groups excluding carboxylic acids is 1. The number of nitrogens with zero attached hydrogens (tertiary/aromatic N) is 5. The number of nitro groups is 1. The highest BCUT2D eigenvalue weighted by Crippen LogP contribution is 2.29. The number of methoxy groups -OCH3 is 1. The maximum atomic E-state index is 12.4. The number of ether oxygens (including phenoxy) is 1. The summed E-state index contributed by atoms with van der Waals surface area (Å²) in [5.41, 5.74) is 5.72. The van der Waals surface area contributed by atoms with Crippen LogP contribution in [0.3, 0.4) is 0 Å². The minimum atomic E-state index is -0.453. The van der Waals surface area contributed by atoms with Crippen molar-refractivity contribution in [3.8, 4) is 22.8 Å². The average Bonchev–Trinajstić information content (AvgIpc) is 3.36. The van der Waals surface area contributed by atoms with E-state index >= 15 is 0 Å². The monoisotopic (exact) mass is 528 g/mol. The number of aryl methyl sites for hydroxylation is 1. The molecule has 0 saturated heterocycles. The third-order valence-electron chi connectivity index (χ3n) is 5.37. The van der Waals surface area contributed by atoms with Crippen molar-refractivity contribution in [1.82, 2.24) is 20.2 Å². The van der Waals surface area contributed by atoms with Crippen LogP contribution < -0.4 is 10.2 Å². The van der Waals surface area contributed by atoms with E-state index in [-0.39, 0.29) is 17.3 Å². The van der Waals surface area contributed by atoms with Gasteiger partial charge >= 0.3 is 0 Å². The molecule has 1 aromatic heterocycles. The number of hydrogen-bond acceptors (Lipinski definition) is 8. The maximum Gasteiger partial charge on any atom is 0.276 e. The van der Waals surface area contributed by atoms with Gasteiger partial charge in [-0.15, -0.1) is 10.2 Å². The second-order valence-electron chi connectivity index (χ2n) is 7.98. The highest BCUT2D eigenvalue weighted by molar-refractivity contribution is 7.99. The normalized spacial score (nSPS) is 11.2. The van der Waals surface area contributed by atoms with Crippen LogP contribution in [-0.2, 0) is 4.79 Å². The number of amides is 1. The van der Waals surface area contributed by atoms with Crippen molar-refractivity contribution in [2.45, 2.75) is 12.1 Å². The zero-order valence-corrected chi connectivity index (χ0v) is 21.5. The SMILES string of the molecule is COc1ccc(-c2nnc(SCC(=O)N/N=C\C=C\c3ccccc3[N+](=O)[O-])n2-c2ccc(C)cc2)cc1. The van der Waals surface area contributed by atoms with E-state index in [0.29, 0.717) is 16.5 Å². The molecule has 1 amide bonds. The minimum Gasteiger partial charge on any atom is -0.497 e. The Balaban J connectivity index is 1.44. The number of carbonyl (C=O) groups is 1. The summed E-state index contributed by atoms with van der Waals surface area (Å²) in [5.74, 6) is 1.09. The van der Waals surface area contributed by atoms with Crippen molar-refractivity contribution in [1.29, 1.82) is 0 Å². The van der Waals surface area contributed by atoms with Gasteiger partial charge in [0.1, 0.15) is 5.75 Å². The Morgan fingerprint density at radius 3 is 2.55 bits per heavy atom. The van der Waals surface area contributed by atoms with Crippen LogP contribution in [0.25, 0.3) is 23.2 Å². The van der Waals surface area contributed by atoms with Gasteiger partial charge < -0.3 is 4.74 Å². The fourth-order valence-electron chi connectivity index (χ4n) is 3.47. The Kier molecular flexibility index (Phi) is 8.62. The molecule has 4 rings (SSSR count). The molecule has 0 atom stereocenters. The van der Waals surface area contributed by atoms with Crippen molar-refractivity contribution in [2.75, 3.05) is 12.9 Å². The van der Waals surface area contributed by atoms with E-state index in [2.05, 4.69) is 20.7 Å². The van der Waals surface area contributed by atoms with Gasteiger partial charge in [0.05, 0.1) is 23.3 Å².